The van der Waals surface area contributed by atoms with Crippen LogP contribution in [0.4, 0.5) is 4.79 Å². The number of alkyl carbamates (subject to hydrolysis) is 1. The Hall–Kier alpha value is -6.77. The summed E-state index contributed by atoms with van der Waals surface area (Å²) < 4.78 is 15.7. The maximum atomic E-state index is 14.1. The highest BCUT2D eigenvalue weighted by molar-refractivity contribution is 5.91. The quantitative estimate of drug-likeness (QED) is 0.0626. The molecule has 2 aromatic heterocycles. The van der Waals surface area contributed by atoms with Gasteiger partial charge in [0.2, 0.25) is 11.8 Å². The van der Waals surface area contributed by atoms with Crippen LogP contribution in [-0.2, 0) is 19.1 Å². The van der Waals surface area contributed by atoms with Crippen molar-refractivity contribution in [2.75, 3.05) is 41.1 Å². The van der Waals surface area contributed by atoms with Crippen molar-refractivity contribution in [3.8, 4) is 39.4 Å². The van der Waals surface area contributed by atoms with E-state index in [0.29, 0.717) is 31.1 Å². The summed E-state index contributed by atoms with van der Waals surface area (Å²) in [7, 11) is 4.49. The molecule has 0 spiro atoms. The zero-order valence-electron chi connectivity index (χ0n) is 36.3. The highest BCUT2D eigenvalue weighted by Crippen LogP contribution is 2.38. The molecule has 0 saturated carbocycles. The lowest BCUT2D eigenvalue weighted by Gasteiger charge is -2.29. The molecule has 4 N–H and O–H groups in total. The van der Waals surface area contributed by atoms with Crippen LogP contribution < -0.4 is 15.4 Å². The van der Waals surface area contributed by atoms with E-state index in [2.05, 4.69) is 87.8 Å². The van der Waals surface area contributed by atoms with Crippen molar-refractivity contribution >= 4 is 28.7 Å². The number of para-hydroxylation sites is 1. The number of hydrogen-bond donors (Lipinski definition) is 4. The molecule has 0 radical (unpaired) electrons. The lowest BCUT2D eigenvalue weighted by atomic mass is 9.98. The smallest absolute Gasteiger partial charge is 0.407 e. The van der Waals surface area contributed by atoms with Crippen LogP contribution in [0.15, 0.2) is 109 Å². The third-order valence-corrected chi connectivity index (χ3v) is 12.1. The normalized spacial score (nSPS) is 17.3. The van der Waals surface area contributed by atoms with Crippen molar-refractivity contribution < 1.29 is 28.6 Å². The first kappa shape index (κ1) is 42.9. The van der Waals surface area contributed by atoms with Crippen LogP contribution in [-0.4, -0.2) is 94.8 Å². The van der Waals surface area contributed by atoms with Crippen LogP contribution in [0.25, 0.3) is 44.4 Å². The van der Waals surface area contributed by atoms with Gasteiger partial charge >= 0.3 is 6.09 Å². The summed E-state index contributed by atoms with van der Waals surface area (Å²) in [5.74, 6) is 1.68. The van der Waals surface area contributed by atoms with Crippen molar-refractivity contribution in [2.45, 2.75) is 57.3 Å². The molecule has 4 heterocycles. The molecule has 4 atom stereocenters. The van der Waals surface area contributed by atoms with Crippen LogP contribution in [0.3, 0.4) is 0 Å². The van der Waals surface area contributed by atoms with Crippen molar-refractivity contribution in [2.24, 2.45) is 5.92 Å². The molecule has 14 nitrogen and oxygen atoms in total. The number of carbonyl (C=O) groups is 3. The number of carbonyl (C=O) groups excluding carboxylic acids is 3. The summed E-state index contributed by atoms with van der Waals surface area (Å²) in [6, 6.07) is 26.8. The lowest BCUT2D eigenvalue weighted by Crippen LogP contribution is -2.51. The van der Waals surface area contributed by atoms with Gasteiger partial charge in [-0.1, -0.05) is 92.7 Å². The molecule has 6 aromatic rings. The Balaban J connectivity index is 0.950. The van der Waals surface area contributed by atoms with E-state index >= 15 is 0 Å². The van der Waals surface area contributed by atoms with E-state index in [1.54, 1.807) is 25.3 Å². The van der Waals surface area contributed by atoms with Gasteiger partial charge in [-0.05, 0) is 70.8 Å². The van der Waals surface area contributed by atoms with Gasteiger partial charge in [-0.15, -0.1) is 0 Å². The average Bonchev–Trinajstić information content (AvgIpc) is 4.15. The van der Waals surface area contributed by atoms with Crippen molar-refractivity contribution in [3.63, 3.8) is 0 Å². The van der Waals surface area contributed by atoms with Crippen LogP contribution in [0.1, 0.15) is 68.4 Å². The molecule has 2 saturated heterocycles. The summed E-state index contributed by atoms with van der Waals surface area (Å²) in [6.07, 6.45) is 5.26. The molecule has 14 heteroatoms. The number of fused-ring (bicyclic) bond motifs is 1. The number of hydrogen-bond acceptors (Lipinski definition) is 9. The molecule has 2 aliphatic rings. The summed E-state index contributed by atoms with van der Waals surface area (Å²) in [5.41, 5.74) is 7.56. The molecule has 8 rings (SSSR count). The number of imidazole rings is 2. The zero-order chi connectivity index (χ0) is 44.2. The van der Waals surface area contributed by atoms with E-state index in [4.69, 9.17) is 24.2 Å². The molecular weight excluding hydrogens is 797 g/mol. The summed E-state index contributed by atoms with van der Waals surface area (Å²) in [5, 5.41) is 8.12. The number of H-pyrrole nitrogens is 2. The van der Waals surface area contributed by atoms with E-state index in [1.165, 1.54) is 7.11 Å². The van der Waals surface area contributed by atoms with Crippen LogP contribution >= 0.6 is 0 Å². The Kier molecular flexibility index (Phi) is 12.7. The number of rotatable bonds is 14. The molecular formula is C49H54N8O6. The van der Waals surface area contributed by atoms with Crippen LogP contribution in [0.5, 0.6) is 5.75 Å². The third-order valence-electron chi connectivity index (χ3n) is 12.1. The molecule has 63 heavy (non-hydrogen) atoms. The largest absolute Gasteiger partial charge is 0.496 e. The Morgan fingerprint density at radius 2 is 1.43 bits per heavy atom. The van der Waals surface area contributed by atoms with Gasteiger partial charge in [-0.25, -0.2) is 14.8 Å². The number of aromatic nitrogens is 4. The van der Waals surface area contributed by atoms with Gasteiger partial charge in [-0.3, -0.25) is 14.9 Å². The minimum absolute atomic E-state index is 0.0517. The van der Waals surface area contributed by atoms with Crippen molar-refractivity contribution in [3.05, 3.63) is 127 Å². The summed E-state index contributed by atoms with van der Waals surface area (Å²) in [4.78, 5) is 60.0. The maximum Gasteiger partial charge on any atom is 0.407 e. The van der Waals surface area contributed by atoms with Crippen LogP contribution in [0.2, 0.25) is 0 Å². The highest BCUT2D eigenvalue weighted by Gasteiger charge is 2.39. The Bertz CT molecular complexity index is 2620. The molecule has 326 valence electrons. The number of methoxy groups -OCH3 is 3. The predicted molar refractivity (Wildman–Crippen MR) is 241 cm³/mol. The van der Waals surface area contributed by atoms with Gasteiger partial charge in [-0.2, -0.15) is 0 Å². The summed E-state index contributed by atoms with van der Waals surface area (Å²) >= 11 is 0. The third kappa shape index (κ3) is 8.95. The second kappa shape index (κ2) is 18.7. The van der Waals surface area contributed by atoms with Crippen LogP contribution in [0, 0.1) is 5.92 Å². The molecule has 3 amide bonds. The maximum absolute atomic E-state index is 14.1. The Morgan fingerprint density at radius 1 is 0.794 bits per heavy atom. The number of likely N-dealkylation sites (tertiary alicyclic amines) is 2. The highest BCUT2D eigenvalue weighted by atomic mass is 16.5. The first-order valence-electron chi connectivity index (χ1n) is 21.3. The number of amides is 3. The minimum atomic E-state index is -0.739. The van der Waals surface area contributed by atoms with Gasteiger partial charge < -0.3 is 39.3 Å². The number of aromatic amines is 2. The second-order valence-corrected chi connectivity index (χ2v) is 16.5. The first-order chi connectivity index (χ1) is 30.6. The van der Waals surface area contributed by atoms with Gasteiger partial charge in [0, 0.05) is 31.3 Å². The lowest BCUT2D eigenvalue weighted by molar-refractivity contribution is -0.136. The van der Waals surface area contributed by atoms with Gasteiger partial charge in [0.05, 0.1) is 56.8 Å². The van der Waals surface area contributed by atoms with Gasteiger partial charge in [0.1, 0.15) is 29.5 Å². The topological polar surface area (TPSA) is 167 Å². The number of nitrogens with zero attached hydrogens (tertiary/aromatic N) is 4. The predicted octanol–water partition coefficient (Wildman–Crippen LogP) is 8.10. The fraction of sp³-hybridized carbons (Fsp3) is 0.327. The van der Waals surface area contributed by atoms with Crippen molar-refractivity contribution in [1.29, 1.82) is 0 Å². The molecule has 4 aromatic carbocycles. The zero-order valence-corrected chi connectivity index (χ0v) is 36.3. The monoisotopic (exact) mass is 850 g/mol. The fourth-order valence-corrected chi connectivity index (χ4v) is 8.78. The molecule has 0 bridgehead atoms. The Morgan fingerprint density at radius 3 is 2.11 bits per heavy atom. The van der Waals surface area contributed by atoms with E-state index in [0.717, 1.165) is 74.2 Å². The molecule has 0 aliphatic carbocycles. The minimum Gasteiger partial charge on any atom is -0.496 e. The van der Waals surface area contributed by atoms with Gasteiger partial charge in [0.15, 0.2) is 0 Å². The van der Waals surface area contributed by atoms with Gasteiger partial charge in [0.25, 0.3) is 0 Å². The number of benzene rings is 4. The standard InChI is InChI=1S/C49H54N8O6/c1-29(2)43(55-49(60)63-6)47(58)57-27-30(3)22-41(57)46-51-26-39(54-46)36-20-19-34-23-33(17-18-35(34)24-36)31-13-15-32(16-14-31)38-25-50-45(53-38)40-11-9-21-56(40)48(59)44(52-28-61-4)37-10-7-8-12-42(37)62-5/h7-8,10,12-20,23-26,29,40-41,43-44,52H,3,9,11,21-22,27-28H2,1-2,4-6H3,(H,50,53)(H,51,54)(H,55,60)/t40-,41-,43-,44+/m0/s1. The fourth-order valence-electron chi connectivity index (χ4n) is 8.78. The number of ether oxygens (including phenoxy) is 3. The van der Waals surface area contributed by atoms with Crippen molar-refractivity contribution in [1.82, 2.24) is 40.4 Å². The SMILES string of the molecule is C=C1C[C@@H](c2ncc(-c3ccc4cc(-c5ccc(-c6cnc([C@@H]7CCCN7C(=O)[C@H](NCOC)c7ccccc7OC)[nH]6)cc5)ccc4c3)[nH]2)N(C(=O)[C@@H](NC(=O)OC)C(C)C)C1. The second-order valence-electron chi connectivity index (χ2n) is 16.5. The van der Waals surface area contributed by atoms with E-state index in [1.807, 2.05) is 49.2 Å². The van der Waals surface area contributed by atoms with E-state index < -0.39 is 18.2 Å². The molecule has 2 fully saturated rings. The summed E-state index contributed by atoms with van der Waals surface area (Å²) in [6.45, 7) is 9.17. The number of nitrogens with one attached hydrogen (secondary N) is 4. The first-order valence-corrected chi connectivity index (χ1v) is 21.3. The molecule has 0 unspecified atom stereocenters. The van der Waals surface area contributed by atoms with E-state index in [-0.39, 0.29) is 36.5 Å². The Labute approximate surface area is 367 Å². The van der Waals surface area contributed by atoms with E-state index in [9.17, 15) is 14.4 Å². The molecule has 2 aliphatic heterocycles. The average molecular weight is 851 g/mol.